The van der Waals surface area contributed by atoms with Crippen LogP contribution in [0.25, 0.3) is 0 Å². The molecule has 0 saturated heterocycles. The molecular weight excluding hydrogens is 390 g/mol. The molecule has 0 aliphatic carbocycles. The van der Waals surface area contributed by atoms with Crippen LogP contribution in [0.3, 0.4) is 0 Å². The number of nitrogens with two attached hydrogens (primary N) is 1. The predicted octanol–water partition coefficient (Wildman–Crippen LogP) is 1.98. The fourth-order valence-corrected chi connectivity index (χ4v) is 3.18. The van der Waals surface area contributed by atoms with Crippen LogP contribution in [0.2, 0.25) is 0 Å². The minimum Gasteiger partial charge on any atom is -0.462 e. The molecule has 0 aliphatic rings. The lowest BCUT2D eigenvalue weighted by molar-refractivity contribution is -0.384. The van der Waals surface area contributed by atoms with Crippen molar-refractivity contribution in [3.8, 4) is 0 Å². The fourth-order valence-electron chi connectivity index (χ4n) is 2.37. The van der Waals surface area contributed by atoms with Crippen LogP contribution in [0.1, 0.15) is 33.2 Å². The molecule has 0 spiro atoms. The highest BCUT2D eigenvalue weighted by Gasteiger charge is 2.19. The second-order valence-electron chi connectivity index (χ2n) is 5.73. The Kier molecular flexibility index (Phi) is 6.11. The van der Waals surface area contributed by atoms with Crippen molar-refractivity contribution in [3.05, 3.63) is 63.2 Å². The Morgan fingerprint density at radius 1 is 1.18 bits per heavy atom. The molecule has 2 rings (SSSR count). The number of ether oxygens (including phenoxy) is 1. The summed E-state index contributed by atoms with van der Waals surface area (Å²) in [6.07, 6.45) is 0. The van der Waals surface area contributed by atoms with Crippen LogP contribution in [0, 0.1) is 17.0 Å². The molecule has 2 aromatic carbocycles. The molecule has 0 saturated carbocycles. The van der Waals surface area contributed by atoms with Gasteiger partial charge in [0, 0.05) is 23.4 Å². The molecule has 11 heteroatoms. The second kappa shape index (κ2) is 8.15. The predicted molar refractivity (Wildman–Crippen MR) is 99.6 cm³/mol. The molecule has 3 N–H and O–H groups in total. The molecule has 0 fully saturated rings. The lowest BCUT2D eigenvalue weighted by Gasteiger charge is -2.10. The molecule has 28 heavy (non-hydrogen) atoms. The summed E-state index contributed by atoms with van der Waals surface area (Å²) in [4.78, 5) is 34.6. The number of hydrogen-bond donors (Lipinski definition) is 2. The van der Waals surface area contributed by atoms with Gasteiger partial charge in [-0.3, -0.25) is 14.9 Å². The largest absolute Gasteiger partial charge is 0.462 e. The fraction of sp³-hybridized carbons (Fsp3) is 0.176. The SMILES string of the molecule is CCOC(=O)c1cc(C(=O)Nc2ccc(C)c(S(N)(=O)=O)c2)cc([N+](=O)[O-])c1. The van der Waals surface area contributed by atoms with Crippen molar-refractivity contribution in [1.29, 1.82) is 0 Å². The van der Waals surface area contributed by atoms with Gasteiger partial charge in [-0.2, -0.15) is 0 Å². The summed E-state index contributed by atoms with van der Waals surface area (Å²) in [5.41, 5.74) is -0.292. The monoisotopic (exact) mass is 407 g/mol. The van der Waals surface area contributed by atoms with Crippen molar-refractivity contribution in [2.75, 3.05) is 11.9 Å². The molecule has 0 unspecified atom stereocenters. The van der Waals surface area contributed by atoms with Crippen LogP contribution in [0.5, 0.6) is 0 Å². The number of rotatable bonds is 6. The average molecular weight is 407 g/mol. The first kappa shape index (κ1) is 21.0. The number of nitrogens with one attached hydrogen (secondary N) is 1. The number of esters is 1. The first-order valence-electron chi connectivity index (χ1n) is 7.94. The number of primary sulfonamides is 1. The Labute approximate surface area is 160 Å². The van der Waals surface area contributed by atoms with Crippen LogP contribution in [0.15, 0.2) is 41.3 Å². The number of amides is 1. The third-order valence-corrected chi connectivity index (χ3v) is 4.71. The molecule has 0 atom stereocenters. The van der Waals surface area contributed by atoms with E-state index in [-0.39, 0.29) is 28.3 Å². The lowest BCUT2D eigenvalue weighted by Crippen LogP contribution is -2.16. The Balaban J connectivity index is 2.41. The normalized spacial score (nSPS) is 11.0. The molecule has 2 aromatic rings. The van der Waals surface area contributed by atoms with Crippen molar-refractivity contribution in [2.45, 2.75) is 18.7 Å². The topological polar surface area (TPSA) is 159 Å². The number of carbonyl (C=O) groups excluding carboxylic acids is 2. The van der Waals surface area contributed by atoms with E-state index in [1.54, 1.807) is 6.92 Å². The summed E-state index contributed by atoms with van der Waals surface area (Å²) in [6, 6.07) is 7.21. The molecule has 1 amide bonds. The van der Waals surface area contributed by atoms with Gasteiger partial charge in [0.05, 0.1) is 22.0 Å². The Hall–Kier alpha value is -3.31. The number of nitro groups is 1. The average Bonchev–Trinajstić information content (AvgIpc) is 2.62. The number of carbonyl (C=O) groups is 2. The van der Waals surface area contributed by atoms with E-state index >= 15 is 0 Å². The van der Waals surface area contributed by atoms with E-state index in [0.717, 1.165) is 18.2 Å². The summed E-state index contributed by atoms with van der Waals surface area (Å²) in [6.45, 7) is 3.17. The van der Waals surface area contributed by atoms with E-state index in [1.165, 1.54) is 25.1 Å². The molecular formula is C17H17N3O7S. The quantitative estimate of drug-likeness (QED) is 0.421. The molecule has 0 aliphatic heterocycles. The highest BCUT2D eigenvalue weighted by atomic mass is 32.2. The maximum Gasteiger partial charge on any atom is 0.338 e. The van der Waals surface area contributed by atoms with E-state index < -0.39 is 32.5 Å². The van der Waals surface area contributed by atoms with Crippen molar-refractivity contribution < 1.29 is 27.7 Å². The van der Waals surface area contributed by atoms with Crippen LogP contribution in [0.4, 0.5) is 11.4 Å². The summed E-state index contributed by atoms with van der Waals surface area (Å²) in [7, 11) is -4.00. The van der Waals surface area contributed by atoms with Gasteiger partial charge in [0.15, 0.2) is 0 Å². The van der Waals surface area contributed by atoms with Gasteiger partial charge in [0.2, 0.25) is 10.0 Å². The number of sulfonamides is 1. The maximum atomic E-state index is 12.5. The molecule has 10 nitrogen and oxygen atoms in total. The Morgan fingerprint density at radius 3 is 2.39 bits per heavy atom. The van der Waals surface area contributed by atoms with Crippen molar-refractivity contribution in [3.63, 3.8) is 0 Å². The van der Waals surface area contributed by atoms with E-state index in [2.05, 4.69) is 5.32 Å². The van der Waals surface area contributed by atoms with E-state index in [9.17, 15) is 28.1 Å². The van der Waals surface area contributed by atoms with Gasteiger partial charge in [-0.1, -0.05) is 6.07 Å². The number of nitro benzene ring substituents is 1. The van der Waals surface area contributed by atoms with Crippen LogP contribution in [-0.2, 0) is 14.8 Å². The summed E-state index contributed by atoms with van der Waals surface area (Å²) in [5, 5.41) is 18.7. The third kappa shape index (κ3) is 4.90. The van der Waals surface area contributed by atoms with Gasteiger partial charge < -0.3 is 10.1 Å². The number of benzene rings is 2. The minimum atomic E-state index is -4.00. The summed E-state index contributed by atoms with van der Waals surface area (Å²) >= 11 is 0. The van der Waals surface area contributed by atoms with E-state index in [4.69, 9.17) is 9.88 Å². The third-order valence-electron chi connectivity index (χ3n) is 3.65. The molecule has 0 aromatic heterocycles. The van der Waals surface area contributed by atoms with Gasteiger partial charge in [-0.25, -0.2) is 18.4 Å². The zero-order valence-electron chi connectivity index (χ0n) is 15.0. The van der Waals surface area contributed by atoms with E-state index in [1.807, 2.05) is 0 Å². The zero-order valence-corrected chi connectivity index (χ0v) is 15.8. The van der Waals surface area contributed by atoms with E-state index in [0.29, 0.717) is 5.56 Å². The Morgan fingerprint density at radius 2 is 1.82 bits per heavy atom. The lowest BCUT2D eigenvalue weighted by atomic mass is 10.1. The zero-order chi connectivity index (χ0) is 21.1. The van der Waals surface area contributed by atoms with Crippen LogP contribution >= 0.6 is 0 Å². The second-order valence-corrected chi connectivity index (χ2v) is 7.26. The smallest absolute Gasteiger partial charge is 0.338 e. The summed E-state index contributed by atoms with van der Waals surface area (Å²) < 4.78 is 28.0. The van der Waals surface area contributed by atoms with Crippen molar-refractivity contribution >= 4 is 33.3 Å². The number of anilines is 1. The van der Waals surface area contributed by atoms with Crippen LogP contribution in [-0.4, -0.2) is 31.8 Å². The highest BCUT2D eigenvalue weighted by Crippen LogP contribution is 2.22. The number of aryl methyl sites for hydroxylation is 1. The summed E-state index contributed by atoms with van der Waals surface area (Å²) in [5.74, 6) is -1.59. The van der Waals surface area contributed by atoms with Gasteiger partial charge in [0.25, 0.3) is 11.6 Å². The van der Waals surface area contributed by atoms with Crippen molar-refractivity contribution in [2.24, 2.45) is 5.14 Å². The van der Waals surface area contributed by atoms with Gasteiger partial charge in [-0.05, 0) is 37.6 Å². The molecule has 148 valence electrons. The molecule has 0 bridgehead atoms. The molecule has 0 radical (unpaired) electrons. The number of nitrogens with zero attached hydrogens (tertiary/aromatic N) is 1. The van der Waals surface area contributed by atoms with Gasteiger partial charge in [-0.15, -0.1) is 0 Å². The van der Waals surface area contributed by atoms with Crippen molar-refractivity contribution in [1.82, 2.24) is 0 Å². The molecule has 0 heterocycles. The maximum absolute atomic E-state index is 12.5. The highest BCUT2D eigenvalue weighted by molar-refractivity contribution is 7.89. The number of non-ortho nitro benzene ring substituents is 1. The first-order valence-corrected chi connectivity index (χ1v) is 9.49. The number of hydrogen-bond acceptors (Lipinski definition) is 7. The minimum absolute atomic E-state index is 0.0583. The van der Waals surface area contributed by atoms with Gasteiger partial charge in [0.1, 0.15) is 0 Å². The first-order chi connectivity index (χ1) is 13.0. The van der Waals surface area contributed by atoms with Crippen LogP contribution < -0.4 is 10.5 Å². The standard InChI is InChI=1S/C17H17N3O7S/c1-3-27-17(22)12-6-11(7-14(8-12)20(23)24)16(21)19-13-5-4-10(2)15(9-13)28(18,25)26/h4-9H,3H2,1-2H3,(H,19,21)(H2,18,25,26). The van der Waals surface area contributed by atoms with Gasteiger partial charge >= 0.3 is 5.97 Å². The Bertz CT molecular complexity index is 1060.